The second kappa shape index (κ2) is 9.46. The third-order valence-electron chi connectivity index (χ3n) is 6.14. The molecule has 6 nitrogen and oxygen atoms in total. The van der Waals surface area contributed by atoms with Crippen LogP contribution in [-0.2, 0) is 10.4 Å². The lowest BCUT2D eigenvalue weighted by molar-refractivity contribution is 0.0421. The van der Waals surface area contributed by atoms with Gasteiger partial charge in [0, 0.05) is 38.1 Å². The number of hydrogen-bond donors (Lipinski definition) is 2. The van der Waals surface area contributed by atoms with Gasteiger partial charge in [-0.05, 0) is 37.1 Å². The average molecular weight is 460 g/mol. The van der Waals surface area contributed by atoms with Crippen molar-refractivity contribution in [2.45, 2.75) is 37.9 Å². The lowest BCUT2D eigenvalue weighted by Gasteiger charge is -2.37. The number of nitrogens with one attached hydrogen (secondary N) is 2. The standard InChI is InChI=1S/C24H27ClFN3O3/c1-16-2-5-18(6-3-16)24(26)9-11-29(12-10-24)22(30)17-4-7-20(25)21(14-17)28-23(31)27-19-8-13-32-15-19/h2-7,14,19H,8-13,15H2,1H3,(H2,27,28,31). The van der Waals surface area contributed by atoms with Gasteiger partial charge in [0.05, 0.1) is 23.4 Å². The summed E-state index contributed by atoms with van der Waals surface area (Å²) in [6, 6.07) is 11.8. The summed E-state index contributed by atoms with van der Waals surface area (Å²) in [5, 5.41) is 5.86. The van der Waals surface area contributed by atoms with E-state index in [2.05, 4.69) is 10.6 Å². The van der Waals surface area contributed by atoms with Gasteiger partial charge in [0.1, 0.15) is 5.67 Å². The number of likely N-dealkylation sites (tertiary alicyclic amines) is 1. The predicted octanol–water partition coefficient (Wildman–Crippen LogP) is 4.66. The lowest BCUT2D eigenvalue weighted by Crippen LogP contribution is -2.43. The third kappa shape index (κ3) is 5.05. The number of urea groups is 1. The van der Waals surface area contributed by atoms with E-state index in [1.54, 1.807) is 23.1 Å². The number of carbonyl (C=O) groups is 2. The van der Waals surface area contributed by atoms with Crippen LogP contribution in [0.2, 0.25) is 5.02 Å². The molecule has 32 heavy (non-hydrogen) atoms. The van der Waals surface area contributed by atoms with E-state index in [9.17, 15) is 9.59 Å². The molecule has 3 amide bonds. The monoisotopic (exact) mass is 459 g/mol. The number of benzene rings is 2. The first-order valence-corrected chi connectivity index (χ1v) is 11.2. The van der Waals surface area contributed by atoms with Gasteiger partial charge in [-0.3, -0.25) is 4.79 Å². The predicted molar refractivity (Wildman–Crippen MR) is 122 cm³/mol. The molecule has 0 spiro atoms. The minimum absolute atomic E-state index is 0.0403. The highest BCUT2D eigenvalue weighted by Gasteiger charge is 2.37. The van der Waals surface area contributed by atoms with Crippen LogP contribution in [0.1, 0.15) is 40.7 Å². The molecule has 2 aliphatic heterocycles. The molecule has 2 aliphatic rings. The first-order valence-electron chi connectivity index (χ1n) is 10.8. The first-order chi connectivity index (χ1) is 15.3. The molecule has 0 aromatic heterocycles. The van der Waals surface area contributed by atoms with Gasteiger partial charge >= 0.3 is 6.03 Å². The Morgan fingerprint density at radius 2 is 1.88 bits per heavy atom. The van der Waals surface area contributed by atoms with E-state index in [-0.39, 0.29) is 24.8 Å². The Bertz CT molecular complexity index is 984. The second-order valence-corrected chi connectivity index (χ2v) is 8.88. The summed E-state index contributed by atoms with van der Waals surface area (Å²) in [4.78, 5) is 26.9. The molecule has 0 saturated carbocycles. The normalized spacial score (nSPS) is 20.1. The Kier molecular flexibility index (Phi) is 6.67. The molecule has 170 valence electrons. The van der Waals surface area contributed by atoms with E-state index in [1.165, 1.54) is 0 Å². The fourth-order valence-electron chi connectivity index (χ4n) is 4.13. The number of hydrogen-bond acceptors (Lipinski definition) is 3. The highest BCUT2D eigenvalue weighted by Crippen LogP contribution is 2.37. The fraction of sp³-hybridized carbons (Fsp3) is 0.417. The Balaban J connectivity index is 1.39. The van der Waals surface area contributed by atoms with Crippen molar-refractivity contribution in [2.24, 2.45) is 0 Å². The maximum atomic E-state index is 15.5. The van der Waals surface area contributed by atoms with Crippen LogP contribution in [0.5, 0.6) is 0 Å². The van der Waals surface area contributed by atoms with Crippen LogP contribution in [0.25, 0.3) is 0 Å². The fourth-order valence-corrected chi connectivity index (χ4v) is 4.30. The van der Waals surface area contributed by atoms with E-state index >= 15 is 4.39 Å². The van der Waals surface area contributed by atoms with Crippen LogP contribution in [0, 0.1) is 6.92 Å². The van der Waals surface area contributed by atoms with E-state index in [1.807, 2.05) is 31.2 Å². The summed E-state index contributed by atoms with van der Waals surface area (Å²) in [6.07, 6.45) is 1.24. The Labute approximate surface area is 192 Å². The van der Waals surface area contributed by atoms with Gasteiger partial charge < -0.3 is 20.3 Å². The summed E-state index contributed by atoms with van der Waals surface area (Å²) in [6.45, 7) is 3.70. The van der Waals surface area contributed by atoms with Crippen LogP contribution in [0.4, 0.5) is 14.9 Å². The zero-order valence-electron chi connectivity index (χ0n) is 18.0. The highest BCUT2D eigenvalue weighted by atomic mass is 35.5. The quantitative estimate of drug-likeness (QED) is 0.698. The molecule has 2 saturated heterocycles. The number of rotatable bonds is 4. The van der Waals surface area contributed by atoms with E-state index in [0.717, 1.165) is 12.0 Å². The highest BCUT2D eigenvalue weighted by molar-refractivity contribution is 6.33. The average Bonchev–Trinajstić information content (AvgIpc) is 3.28. The van der Waals surface area contributed by atoms with Gasteiger partial charge in [-0.1, -0.05) is 41.4 Å². The summed E-state index contributed by atoms with van der Waals surface area (Å²) in [5.41, 5.74) is 1.06. The van der Waals surface area contributed by atoms with Crippen LogP contribution in [0.15, 0.2) is 42.5 Å². The van der Waals surface area contributed by atoms with Crippen molar-refractivity contribution in [2.75, 3.05) is 31.6 Å². The minimum Gasteiger partial charge on any atom is -0.379 e. The maximum Gasteiger partial charge on any atom is 0.319 e. The van der Waals surface area contributed by atoms with Crippen molar-refractivity contribution in [1.29, 1.82) is 0 Å². The molecular formula is C24H27ClFN3O3. The SMILES string of the molecule is Cc1ccc(C2(F)CCN(C(=O)c3ccc(Cl)c(NC(=O)NC4CCOC4)c3)CC2)cc1. The molecule has 4 rings (SSSR count). The van der Waals surface area contributed by atoms with Crippen molar-refractivity contribution < 1.29 is 18.7 Å². The Morgan fingerprint density at radius 1 is 1.16 bits per heavy atom. The molecular weight excluding hydrogens is 433 g/mol. The largest absolute Gasteiger partial charge is 0.379 e. The number of nitrogens with zero attached hydrogens (tertiary/aromatic N) is 1. The molecule has 8 heteroatoms. The summed E-state index contributed by atoms with van der Waals surface area (Å²) in [7, 11) is 0. The van der Waals surface area contributed by atoms with Gasteiger partial charge in [0.25, 0.3) is 5.91 Å². The number of halogens is 2. The maximum absolute atomic E-state index is 15.5. The van der Waals surface area contributed by atoms with Crippen molar-refractivity contribution in [3.63, 3.8) is 0 Å². The number of alkyl halides is 1. The van der Waals surface area contributed by atoms with Crippen molar-refractivity contribution in [3.8, 4) is 0 Å². The molecule has 0 aliphatic carbocycles. The molecule has 0 bridgehead atoms. The lowest BCUT2D eigenvalue weighted by atomic mass is 9.85. The Morgan fingerprint density at radius 3 is 2.53 bits per heavy atom. The van der Waals surface area contributed by atoms with Gasteiger partial charge in [0.15, 0.2) is 0 Å². The molecule has 1 atom stereocenters. The number of amides is 3. The van der Waals surface area contributed by atoms with Crippen molar-refractivity contribution in [1.82, 2.24) is 10.2 Å². The van der Waals surface area contributed by atoms with Gasteiger partial charge in [-0.15, -0.1) is 0 Å². The third-order valence-corrected chi connectivity index (χ3v) is 6.47. The first kappa shape index (κ1) is 22.6. The molecule has 2 heterocycles. The molecule has 1 unspecified atom stereocenters. The number of aryl methyl sites for hydroxylation is 1. The summed E-state index contributed by atoms with van der Waals surface area (Å²) >= 11 is 6.22. The minimum atomic E-state index is -1.43. The summed E-state index contributed by atoms with van der Waals surface area (Å²) in [5.74, 6) is -0.208. The molecule has 2 fully saturated rings. The van der Waals surface area contributed by atoms with Gasteiger partial charge in [-0.2, -0.15) is 0 Å². The molecule has 2 N–H and O–H groups in total. The van der Waals surface area contributed by atoms with Crippen LogP contribution in [0.3, 0.4) is 0 Å². The number of piperidine rings is 1. The molecule has 2 aromatic carbocycles. The van der Waals surface area contributed by atoms with Crippen LogP contribution < -0.4 is 10.6 Å². The molecule has 2 aromatic rings. The van der Waals surface area contributed by atoms with Crippen LogP contribution >= 0.6 is 11.6 Å². The van der Waals surface area contributed by atoms with E-state index in [0.29, 0.717) is 48.1 Å². The van der Waals surface area contributed by atoms with Crippen molar-refractivity contribution >= 4 is 29.2 Å². The van der Waals surface area contributed by atoms with Gasteiger partial charge in [-0.25, -0.2) is 9.18 Å². The topological polar surface area (TPSA) is 70.7 Å². The molecule has 0 radical (unpaired) electrons. The zero-order valence-corrected chi connectivity index (χ0v) is 18.8. The van der Waals surface area contributed by atoms with Crippen LogP contribution in [-0.4, -0.2) is 49.2 Å². The van der Waals surface area contributed by atoms with Gasteiger partial charge in [0.2, 0.25) is 0 Å². The Hall–Kier alpha value is -2.64. The van der Waals surface area contributed by atoms with E-state index in [4.69, 9.17) is 16.3 Å². The summed E-state index contributed by atoms with van der Waals surface area (Å²) < 4.78 is 20.7. The second-order valence-electron chi connectivity index (χ2n) is 8.48. The van der Waals surface area contributed by atoms with E-state index < -0.39 is 11.7 Å². The number of anilines is 1. The number of ether oxygens (including phenoxy) is 1. The van der Waals surface area contributed by atoms with Crippen molar-refractivity contribution in [3.05, 3.63) is 64.2 Å². The zero-order chi connectivity index (χ0) is 22.7. The smallest absolute Gasteiger partial charge is 0.319 e. The number of carbonyl (C=O) groups excluding carboxylic acids is 2.